The van der Waals surface area contributed by atoms with Crippen molar-refractivity contribution in [1.29, 1.82) is 0 Å². The van der Waals surface area contributed by atoms with Gasteiger partial charge in [0, 0.05) is 24.5 Å². The van der Waals surface area contributed by atoms with Crippen LogP contribution in [0.15, 0.2) is 41.3 Å². The molecule has 4 rings (SSSR count). The Bertz CT molecular complexity index is 961. The van der Waals surface area contributed by atoms with Crippen molar-refractivity contribution in [3.05, 3.63) is 69.3 Å². The minimum absolute atomic E-state index is 0.206. The molecule has 2 N–H and O–H groups in total. The Kier molecular flexibility index (Phi) is 3.45. The molecule has 0 bridgehead atoms. The number of carbonyl (C=O) groups excluding carboxylic acids is 1. The first kappa shape index (κ1) is 14.7. The highest BCUT2D eigenvalue weighted by Gasteiger charge is 2.22. The van der Waals surface area contributed by atoms with Gasteiger partial charge in [-0.05, 0) is 36.8 Å². The lowest BCUT2D eigenvalue weighted by atomic mass is 10.1. The number of rotatable bonds is 3. The summed E-state index contributed by atoms with van der Waals surface area (Å²) in [6, 6.07) is 9.84. The van der Waals surface area contributed by atoms with E-state index in [2.05, 4.69) is 39.7 Å². The van der Waals surface area contributed by atoms with Gasteiger partial charge >= 0.3 is 0 Å². The molecule has 0 fully saturated rings. The van der Waals surface area contributed by atoms with E-state index in [1.165, 1.54) is 27.9 Å². The molecule has 3 aromatic rings. The van der Waals surface area contributed by atoms with Crippen LogP contribution in [0.2, 0.25) is 0 Å². The predicted octanol–water partition coefficient (Wildman–Crippen LogP) is 1.48. The number of carbonyl (C=O) groups is 1. The van der Waals surface area contributed by atoms with Crippen molar-refractivity contribution in [2.24, 2.45) is 5.92 Å². The predicted molar refractivity (Wildman–Crippen MR) is 90.2 cm³/mol. The van der Waals surface area contributed by atoms with E-state index in [4.69, 9.17) is 0 Å². The fourth-order valence-electron chi connectivity index (χ4n) is 3.39. The minimum Gasteiger partial charge on any atom is -0.352 e. The molecule has 1 aliphatic rings. The first-order chi connectivity index (χ1) is 11.6. The van der Waals surface area contributed by atoms with Gasteiger partial charge in [-0.1, -0.05) is 24.3 Å². The highest BCUT2D eigenvalue weighted by molar-refractivity contribution is 5.99. The van der Waals surface area contributed by atoms with Crippen LogP contribution in [0, 0.1) is 12.8 Å². The lowest BCUT2D eigenvalue weighted by Gasteiger charge is -2.10. The second-order valence-corrected chi connectivity index (χ2v) is 6.33. The number of hydrogen-bond donors (Lipinski definition) is 2. The van der Waals surface area contributed by atoms with Gasteiger partial charge in [0.25, 0.3) is 11.5 Å². The summed E-state index contributed by atoms with van der Waals surface area (Å²) in [6.45, 7) is 2.35. The van der Waals surface area contributed by atoms with Crippen LogP contribution >= 0.6 is 0 Å². The second kappa shape index (κ2) is 5.63. The summed E-state index contributed by atoms with van der Waals surface area (Å²) in [5.41, 5.74) is 3.88. The number of amides is 1. The topological polar surface area (TPSA) is 79.3 Å². The van der Waals surface area contributed by atoms with Crippen LogP contribution < -0.4 is 10.9 Å². The molecule has 1 amide bonds. The highest BCUT2D eigenvalue weighted by atomic mass is 16.2. The van der Waals surface area contributed by atoms with Crippen LogP contribution in [0.5, 0.6) is 0 Å². The summed E-state index contributed by atoms with van der Waals surface area (Å²) in [6.07, 6.45) is 3.50. The van der Waals surface area contributed by atoms with Gasteiger partial charge in [0.15, 0.2) is 5.65 Å². The van der Waals surface area contributed by atoms with E-state index in [0.29, 0.717) is 29.4 Å². The van der Waals surface area contributed by atoms with Crippen LogP contribution in [0.1, 0.15) is 27.2 Å². The van der Waals surface area contributed by atoms with Gasteiger partial charge in [-0.25, -0.2) is 9.50 Å². The Morgan fingerprint density at radius 3 is 2.75 bits per heavy atom. The number of nitrogens with zero attached hydrogens (tertiary/aromatic N) is 2. The summed E-state index contributed by atoms with van der Waals surface area (Å²) in [7, 11) is 0. The fourth-order valence-corrected chi connectivity index (χ4v) is 3.39. The second-order valence-electron chi connectivity index (χ2n) is 6.33. The smallest absolute Gasteiger partial charge is 0.272 e. The lowest BCUT2D eigenvalue weighted by molar-refractivity contribution is 0.0949. The summed E-state index contributed by atoms with van der Waals surface area (Å²) in [5, 5.41) is 5.77. The first-order valence-electron chi connectivity index (χ1n) is 8.04. The van der Waals surface area contributed by atoms with Gasteiger partial charge in [0.2, 0.25) is 0 Å². The van der Waals surface area contributed by atoms with Crippen molar-refractivity contribution in [3.8, 4) is 0 Å². The van der Waals surface area contributed by atoms with E-state index in [0.717, 1.165) is 12.8 Å². The van der Waals surface area contributed by atoms with Gasteiger partial charge in [0.1, 0.15) is 5.56 Å². The standard InChI is InChI=1S/C18H18N4O2/c1-11-6-16(23)22-17(21-11)15(10-20-22)18(24)19-9-12-7-13-4-2-3-5-14(13)8-12/h2-6,10,12,20H,7-9H2,1H3,(H,19,24). The molecule has 2 heterocycles. The van der Waals surface area contributed by atoms with E-state index in [-0.39, 0.29) is 11.5 Å². The molecule has 0 saturated carbocycles. The third-order valence-corrected chi connectivity index (χ3v) is 4.56. The maximum absolute atomic E-state index is 12.5. The van der Waals surface area contributed by atoms with E-state index < -0.39 is 0 Å². The normalized spacial score (nSPS) is 14.0. The SMILES string of the molecule is Cc1cc(=O)n2[nH]cc(C(=O)NCC3Cc4ccccc4C3)c2n1. The van der Waals surface area contributed by atoms with E-state index >= 15 is 0 Å². The van der Waals surface area contributed by atoms with E-state index in [1.54, 1.807) is 6.92 Å². The summed E-state index contributed by atoms with van der Waals surface area (Å²) < 4.78 is 1.29. The van der Waals surface area contributed by atoms with Gasteiger partial charge < -0.3 is 5.32 Å². The average Bonchev–Trinajstić information content (AvgIpc) is 3.16. The molecule has 6 heteroatoms. The molecule has 122 valence electrons. The van der Waals surface area contributed by atoms with Crippen LogP contribution in [-0.2, 0) is 12.8 Å². The fraction of sp³-hybridized carbons (Fsp3) is 0.278. The molecule has 1 aromatic carbocycles. The lowest BCUT2D eigenvalue weighted by Crippen LogP contribution is -2.29. The Morgan fingerprint density at radius 1 is 1.33 bits per heavy atom. The zero-order valence-corrected chi connectivity index (χ0v) is 13.4. The number of aromatic nitrogens is 3. The van der Waals surface area contributed by atoms with Crippen LogP contribution in [-0.4, -0.2) is 27.0 Å². The molecule has 0 radical (unpaired) electrons. The monoisotopic (exact) mass is 322 g/mol. The Labute approximate surface area is 138 Å². The van der Waals surface area contributed by atoms with Crippen molar-refractivity contribution in [2.75, 3.05) is 6.54 Å². The van der Waals surface area contributed by atoms with Crippen molar-refractivity contribution < 1.29 is 4.79 Å². The quantitative estimate of drug-likeness (QED) is 0.766. The van der Waals surface area contributed by atoms with Crippen LogP contribution in [0.25, 0.3) is 5.65 Å². The average molecular weight is 322 g/mol. The first-order valence-corrected chi connectivity index (χ1v) is 8.04. The molecule has 0 atom stereocenters. The number of fused-ring (bicyclic) bond motifs is 2. The third kappa shape index (κ3) is 2.50. The Balaban J connectivity index is 1.49. The number of aryl methyl sites for hydroxylation is 1. The number of H-pyrrole nitrogens is 1. The van der Waals surface area contributed by atoms with Gasteiger partial charge in [-0.3, -0.25) is 14.7 Å². The molecular weight excluding hydrogens is 304 g/mol. The molecular formula is C18H18N4O2. The molecule has 6 nitrogen and oxygen atoms in total. The van der Waals surface area contributed by atoms with E-state index in [9.17, 15) is 9.59 Å². The van der Waals surface area contributed by atoms with Crippen LogP contribution in [0.4, 0.5) is 0 Å². The van der Waals surface area contributed by atoms with Crippen molar-refractivity contribution in [1.82, 2.24) is 19.9 Å². The van der Waals surface area contributed by atoms with Crippen LogP contribution in [0.3, 0.4) is 0 Å². The van der Waals surface area contributed by atoms with Crippen molar-refractivity contribution in [3.63, 3.8) is 0 Å². The molecule has 1 aliphatic carbocycles. The van der Waals surface area contributed by atoms with E-state index in [1.807, 2.05) is 0 Å². The van der Waals surface area contributed by atoms with Crippen molar-refractivity contribution >= 4 is 11.6 Å². The van der Waals surface area contributed by atoms with Gasteiger partial charge in [0.05, 0.1) is 0 Å². The molecule has 0 unspecified atom stereocenters. The zero-order chi connectivity index (χ0) is 16.7. The summed E-state index contributed by atoms with van der Waals surface area (Å²) in [5.74, 6) is 0.205. The summed E-state index contributed by atoms with van der Waals surface area (Å²) in [4.78, 5) is 28.7. The highest BCUT2D eigenvalue weighted by Crippen LogP contribution is 2.25. The largest absolute Gasteiger partial charge is 0.352 e. The molecule has 0 spiro atoms. The molecule has 0 aliphatic heterocycles. The Morgan fingerprint density at radius 2 is 2.04 bits per heavy atom. The maximum atomic E-state index is 12.5. The maximum Gasteiger partial charge on any atom is 0.272 e. The number of aromatic amines is 1. The molecule has 0 saturated heterocycles. The zero-order valence-electron chi connectivity index (χ0n) is 13.4. The summed E-state index contributed by atoms with van der Waals surface area (Å²) >= 11 is 0. The number of benzene rings is 1. The van der Waals surface area contributed by atoms with Gasteiger partial charge in [-0.2, -0.15) is 0 Å². The minimum atomic E-state index is -0.220. The van der Waals surface area contributed by atoms with Crippen molar-refractivity contribution in [2.45, 2.75) is 19.8 Å². The number of hydrogen-bond acceptors (Lipinski definition) is 3. The Hall–Kier alpha value is -2.89. The molecule has 2 aromatic heterocycles. The third-order valence-electron chi connectivity index (χ3n) is 4.56. The molecule has 24 heavy (non-hydrogen) atoms. The van der Waals surface area contributed by atoms with Gasteiger partial charge in [-0.15, -0.1) is 0 Å². The number of nitrogens with one attached hydrogen (secondary N) is 2.